The van der Waals surface area contributed by atoms with E-state index in [1.807, 2.05) is 30.3 Å². The lowest BCUT2D eigenvalue weighted by Crippen LogP contribution is -2.25. The number of hydrogen-bond acceptors (Lipinski definition) is 2. The third kappa shape index (κ3) is 4.67. The van der Waals surface area contributed by atoms with Crippen LogP contribution in [0.5, 0.6) is 0 Å². The van der Waals surface area contributed by atoms with Gasteiger partial charge in [0.2, 0.25) is 0 Å². The summed E-state index contributed by atoms with van der Waals surface area (Å²) >= 11 is 6.13. The van der Waals surface area contributed by atoms with Gasteiger partial charge in [0.05, 0.1) is 18.3 Å². The first-order valence-corrected chi connectivity index (χ1v) is 8.28. The molecule has 0 radical (unpaired) electrons. The summed E-state index contributed by atoms with van der Waals surface area (Å²) in [4.78, 5) is 12.2. The van der Waals surface area contributed by atoms with E-state index in [9.17, 15) is 9.18 Å². The van der Waals surface area contributed by atoms with Crippen LogP contribution in [0.3, 0.4) is 0 Å². The largest absolute Gasteiger partial charge is 0.352 e. The van der Waals surface area contributed by atoms with Crippen molar-refractivity contribution in [2.45, 2.75) is 13.0 Å². The fourth-order valence-electron chi connectivity index (χ4n) is 2.48. The summed E-state index contributed by atoms with van der Waals surface area (Å²) < 4.78 is 14.8. The Balaban J connectivity index is 1.55. The van der Waals surface area contributed by atoms with E-state index in [1.54, 1.807) is 16.9 Å². The average Bonchev–Trinajstić information content (AvgIpc) is 3.06. The van der Waals surface area contributed by atoms with Crippen LogP contribution < -0.4 is 5.32 Å². The molecule has 0 atom stereocenters. The van der Waals surface area contributed by atoms with Crippen LogP contribution >= 0.6 is 11.6 Å². The van der Waals surface area contributed by atoms with Gasteiger partial charge in [-0.3, -0.25) is 9.48 Å². The number of benzene rings is 2. The molecule has 6 heteroatoms. The van der Waals surface area contributed by atoms with Gasteiger partial charge in [0.1, 0.15) is 5.82 Å². The molecule has 3 rings (SSSR count). The summed E-state index contributed by atoms with van der Waals surface area (Å²) in [6.45, 7) is 0.925. The highest BCUT2D eigenvalue weighted by molar-refractivity contribution is 6.31. The van der Waals surface area contributed by atoms with E-state index < -0.39 is 0 Å². The van der Waals surface area contributed by atoms with E-state index in [1.165, 1.54) is 18.3 Å². The predicted molar refractivity (Wildman–Crippen MR) is 95.2 cm³/mol. The second-order valence-corrected chi connectivity index (χ2v) is 6.06. The van der Waals surface area contributed by atoms with Crippen LogP contribution in [-0.2, 0) is 13.0 Å². The highest BCUT2D eigenvalue weighted by Crippen LogP contribution is 2.16. The quantitative estimate of drug-likeness (QED) is 0.731. The molecular weight excluding hydrogens is 341 g/mol. The van der Waals surface area contributed by atoms with Gasteiger partial charge in [0.15, 0.2) is 0 Å². The molecule has 0 aliphatic rings. The van der Waals surface area contributed by atoms with Gasteiger partial charge in [-0.15, -0.1) is 0 Å². The highest BCUT2D eigenvalue weighted by atomic mass is 35.5. The van der Waals surface area contributed by atoms with Gasteiger partial charge in [-0.2, -0.15) is 5.10 Å². The van der Waals surface area contributed by atoms with Gasteiger partial charge in [-0.25, -0.2) is 4.39 Å². The number of halogens is 2. The molecule has 0 unspecified atom stereocenters. The van der Waals surface area contributed by atoms with Crippen LogP contribution in [0.1, 0.15) is 21.5 Å². The zero-order valence-electron chi connectivity index (χ0n) is 13.5. The lowest BCUT2D eigenvalue weighted by atomic mass is 10.1. The van der Waals surface area contributed by atoms with Gasteiger partial charge in [0, 0.05) is 17.8 Å². The molecule has 1 aromatic heterocycles. The Morgan fingerprint density at radius 1 is 1.20 bits per heavy atom. The van der Waals surface area contributed by atoms with Crippen molar-refractivity contribution in [3.8, 4) is 0 Å². The van der Waals surface area contributed by atoms with Gasteiger partial charge in [-0.05, 0) is 35.7 Å². The van der Waals surface area contributed by atoms with Crippen LogP contribution in [-0.4, -0.2) is 22.2 Å². The monoisotopic (exact) mass is 357 g/mol. The van der Waals surface area contributed by atoms with Gasteiger partial charge in [-0.1, -0.05) is 41.9 Å². The average molecular weight is 358 g/mol. The van der Waals surface area contributed by atoms with Crippen LogP contribution in [0.25, 0.3) is 0 Å². The SMILES string of the molecule is O=C(NCCc1cccc(F)c1)c1cnn(Cc2ccccc2Cl)c1. The molecule has 0 aliphatic carbocycles. The third-order valence-corrected chi connectivity index (χ3v) is 4.14. The van der Waals surface area contributed by atoms with E-state index in [-0.39, 0.29) is 11.7 Å². The Bertz CT molecular complexity index is 878. The van der Waals surface area contributed by atoms with Crippen LogP contribution in [0, 0.1) is 5.82 Å². The van der Waals surface area contributed by atoms with Crippen LogP contribution in [0.15, 0.2) is 60.9 Å². The number of nitrogens with zero attached hydrogens (tertiary/aromatic N) is 2. The van der Waals surface area contributed by atoms with Crippen molar-refractivity contribution < 1.29 is 9.18 Å². The van der Waals surface area contributed by atoms with Crippen molar-refractivity contribution in [1.29, 1.82) is 0 Å². The minimum atomic E-state index is -0.273. The minimum Gasteiger partial charge on any atom is -0.352 e. The molecule has 2 aromatic carbocycles. The van der Waals surface area contributed by atoms with E-state index in [0.717, 1.165) is 11.1 Å². The van der Waals surface area contributed by atoms with E-state index in [0.29, 0.717) is 30.1 Å². The molecule has 1 heterocycles. The molecule has 0 aliphatic heterocycles. The predicted octanol–water partition coefficient (Wildman–Crippen LogP) is 3.70. The van der Waals surface area contributed by atoms with Crippen LogP contribution in [0.2, 0.25) is 5.02 Å². The highest BCUT2D eigenvalue weighted by Gasteiger charge is 2.09. The maximum Gasteiger partial charge on any atom is 0.254 e. The second-order valence-electron chi connectivity index (χ2n) is 5.65. The number of carbonyl (C=O) groups excluding carboxylic acids is 1. The third-order valence-electron chi connectivity index (χ3n) is 3.77. The molecule has 0 bridgehead atoms. The molecule has 0 saturated heterocycles. The fourth-order valence-corrected chi connectivity index (χ4v) is 2.68. The van der Waals surface area contributed by atoms with Crippen LogP contribution in [0.4, 0.5) is 4.39 Å². The molecule has 0 saturated carbocycles. The Hall–Kier alpha value is -2.66. The topological polar surface area (TPSA) is 46.9 Å². The maximum atomic E-state index is 13.1. The first-order chi connectivity index (χ1) is 12.1. The first kappa shape index (κ1) is 17.2. The Morgan fingerprint density at radius 2 is 2.04 bits per heavy atom. The molecule has 1 amide bonds. The molecule has 4 nitrogen and oxygen atoms in total. The molecule has 3 aromatic rings. The van der Waals surface area contributed by atoms with Crippen molar-refractivity contribution in [3.05, 3.63) is 88.5 Å². The van der Waals surface area contributed by atoms with E-state index in [4.69, 9.17) is 11.6 Å². The number of nitrogens with one attached hydrogen (secondary N) is 1. The Kier molecular flexibility index (Phi) is 5.46. The number of rotatable bonds is 6. The number of amides is 1. The number of carbonyl (C=O) groups is 1. The lowest BCUT2D eigenvalue weighted by Gasteiger charge is -2.05. The zero-order chi connectivity index (χ0) is 17.6. The smallest absolute Gasteiger partial charge is 0.254 e. The maximum absolute atomic E-state index is 13.1. The second kappa shape index (κ2) is 7.94. The fraction of sp³-hybridized carbons (Fsp3) is 0.158. The summed E-state index contributed by atoms with van der Waals surface area (Å²) in [5, 5.41) is 7.68. The Labute approximate surface area is 150 Å². The summed E-state index contributed by atoms with van der Waals surface area (Å²) in [5.41, 5.74) is 2.26. The zero-order valence-corrected chi connectivity index (χ0v) is 14.2. The molecule has 1 N–H and O–H groups in total. The molecule has 0 fully saturated rings. The normalized spacial score (nSPS) is 10.6. The lowest BCUT2D eigenvalue weighted by molar-refractivity contribution is 0.0954. The molecule has 25 heavy (non-hydrogen) atoms. The molecule has 0 spiro atoms. The van der Waals surface area contributed by atoms with Gasteiger partial charge in [0.25, 0.3) is 5.91 Å². The van der Waals surface area contributed by atoms with E-state index in [2.05, 4.69) is 10.4 Å². The molecule has 128 valence electrons. The summed E-state index contributed by atoms with van der Waals surface area (Å²) in [6, 6.07) is 13.9. The van der Waals surface area contributed by atoms with Crippen molar-refractivity contribution in [2.75, 3.05) is 6.54 Å². The minimum absolute atomic E-state index is 0.207. The summed E-state index contributed by atoms with van der Waals surface area (Å²) in [5.74, 6) is -0.480. The van der Waals surface area contributed by atoms with Crippen molar-refractivity contribution >= 4 is 17.5 Å². The van der Waals surface area contributed by atoms with Crippen molar-refractivity contribution in [2.24, 2.45) is 0 Å². The molecular formula is C19H17ClFN3O. The number of hydrogen-bond donors (Lipinski definition) is 1. The van der Waals surface area contributed by atoms with Crippen molar-refractivity contribution in [1.82, 2.24) is 15.1 Å². The standard InChI is InChI=1S/C19H17ClFN3O/c20-18-7-2-1-5-15(18)12-24-13-16(11-23-24)19(25)22-9-8-14-4-3-6-17(21)10-14/h1-7,10-11,13H,8-9,12H2,(H,22,25). The van der Waals surface area contributed by atoms with E-state index >= 15 is 0 Å². The Morgan fingerprint density at radius 3 is 2.84 bits per heavy atom. The van der Waals surface area contributed by atoms with Crippen molar-refractivity contribution in [3.63, 3.8) is 0 Å². The van der Waals surface area contributed by atoms with Gasteiger partial charge >= 0.3 is 0 Å². The number of aromatic nitrogens is 2. The first-order valence-electron chi connectivity index (χ1n) is 7.90. The summed E-state index contributed by atoms with van der Waals surface area (Å²) in [7, 11) is 0. The van der Waals surface area contributed by atoms with Gasteiger partial charge < -0.3 is 5.32 Å². The summed E-state index contributed by atoms with van der Waals surface area (Å²) in [6.07, 6.45) is 3.77.